The van der Waals surface area contributed by atoms with Gasteiger partial charge in [0.1, 0.15) is 11.0 Å². The van der Waals surface area contributed by atoms with Gasteiger partial charge in [0, 0.05) is 0 Å². The Balaban J connectivity index is 2.21. The molecule has 140 valence electrons. The van der Waals surface area contributed by atoms with E-state index in [9.17, 15) is 13.2 Å². The molecule has 0 aromatic heterocycles. The summed E-state index contributed by atoms with van der Waals surface area (Å²) in [6, 6.07) is 6.17. The Kier molecular flexibility index (Phi) is 6.08. The molecule has 0 aliphatic carbocycles. The highest BCUT2D eigenvalue weighted by Crippen LogP contribution is 2.30. The molecule has 1 aromatic carbocycles. The van der Waals surface area contributed by atoms with E-state index < -0.39 is 32.9 Å². The van der Waals surface area contributed by atoms with Crippen LogP contribution in [0, 0.1) is 0 Å². The van der Waals surface area contributed by atoms with Crippen molar-refractivity contribution < 1.29 is 27.4 Å². The van der Waals surface area contributed by atoms with E-state index in [4.69, 9.17) is 14.2 Å². The van der Waals surface area contributed by atoms with Gasteiger partial charge in [-0.3, -0.25) is 4.79 Å². The second kappa shape index (κ2) is 7.72. The first-order valence-electron chi connectivity index (χ1n) is 8.03. The van der Waals surface area contributed by atoms with Crippen molar-refractivity contribution in [2.75, 3.05) is 20.8 Å². The first-order chi connectivity index (χ1) is 11.7. The molecule has 2 rings (SSSR count). The molecule has 0 saturated carbocycles. The number of methoxy groups -OCH3 is 2. The second-order valence-corrected chi connectivity index (χ2v) is 8.66. The minimum absolute atomic E-state index is 0.0982. The fourth-order valence-corrected chi connectivity index (χ4v) is 4.47. The molecule has 1 heterocycles. The molecule has 0 spiro atoms. The van der Waals surface area contributed by atoms with Gasteiger partial charge in [-0.25, -0.2) is 13.1 Å². The lowest BCUT2D eigenvalue weighted by atomic mass is 10.0. The highest BCUT2D eigenvalue weighted by Gasteiger charge is 2.40. The number of benzene rings is 1. The number of hydrogen-bond acceptors (Lipinski definition) is 6. The zero-order valence-corrected chi connectivity index (χ0v) is 15.8. The smallest absolute Gasteiger partial charge is 0.307 e. The van der Waals surface area contributed by atoms with Gasteiger partial charge in [0.15, 0.2) is 0 Å². The van der Waals surface area contributed by atoms with Crippen molar-refractivity contribution in [1.29, 1.82) is 0 Å². The first-order valence-corrected chi connectivity index (χ1v) is 9.57. The molecule has 1 aliphatic rings. The number of hydrogen-bond donors (Lipinski definition) is 1. The summed E-state index contributed by atoms with van der Waals surface area (Å²) in [5.41, 5.74) is 0.185. The van der Waals surface area contributed by atoms with Crippen LogP contribution in [0.3, 0.4) is 0 Å². The van der Waals surface area contributed by atoms with Crippen molar-refractivity contribution in [2.24, 2.45) is 0 Å². The molecule has 1 N–H and O–H groups in total. The molecule has 0 radical (unpaired) electrons. The summed E-state index contributed by atoms with van der Waals surface area (Å²) in [5, 5.41) is -0.652. The maximum atomic E-state index is 12.7. The van der Waals surface area contributed by atoms with Crippen molar-refractivity contribution in [1.82, 2.24) is 4.72 Å². The third kappa shape index (κ3) is 5.17. The number of esters is 1. The normalized spacial score (nSPS) is 20.9. The number of rotatable bonds is 7. The highest BCUT2D eigenvalue weighted by molar-refractivity contribution is 7.90. The van der Waals surface area contributed by atoms with Crippen LogP contribution in [0.5, 0.6) is 5.75 Å². The van der Waals surface area contributed by atoms with Crippen molar-refractivity contribution in [3.05, 3.63) is 29.8 Å². The highest BCUT2D eigenvalue weighted by atomic mass is 32.2. The topological polar surface area (TPSA) is 90.9 Å². The SMILES string of the molecule is COC(=O)CC(NS(=O)(=O)C1COC(C)(C)C1)c1ccc(OC)cc1. The predicted molar refractivity (Wildman–Crippen MR) is 92.9 cm³/mol. The van der Waals surface area contributed by atoms with Crippen molar-refractivity contribution in [3.63, 3.8) is 0 Å². The van der Waals surface area contributed by atoms with Gasteiger partial charge in [0.25, 0.3) is 0 Å². The van der Waals surface area contributed by atoms with Crippen LogP contribution in [0.15, 0.2) is 24.3 Å². The monoisotopic (exact) mass is 371 g/mol. The average molecular weight is 371 g/mol. The fourth-order valence-electron chi connectivity index (χ4n) is 2.79. The molecule has 25 heavy (non-hydrogen) atoms. The molecule has 2 unspecified atom stereocenters. The molecule has 1 saturated heterocycles. The van der Waals surface area contributed by atoms with E-state index in [1.807, 2.05) is 13.8 Å². The molecule has 0 bridgehead atoms. The molecule has 1 aliphatic heterocycles. The zero-order chi connectivity index (χ0) is 18.7. The Bertz CT molecular complexity index is 698. The van der Waals surface area contributed by atoms with Gasteiger partial charge in [0.05, 0.1) is 38.9 Å². The maximum Gasteiger partial charge on any atom is 0.307 e. The van der Waals surface area contributed by atoms with Crippen LogP contribution < -0.4 is 9.46 Å². The first kappa shape index (κ1) is 19.7. The number of carbonyl (C=O) groups is 1. The summed E-state index contributed by atoms with van der Waals surface area (Å²) in [4.78, 5) is 11.7. The van der Waals surface area contributed by atoms with Crippen molar-refractivity contribution in [3.8, 4) is 5.75 Å². The lowest BCUT2D eigenvalue weighted by Gasteiger charge is -2.21. The summed E-state index contributed by atoms with van der Waals surface area (Å²) in [7, 11) is -0.842. The fraction of sp³-hybridized carbons (Fsp3) is 0.588. The van der Waals surface area contributed by atoms with E-state index in [0.717, 1.165) is 0 Å². The zero-order valence-electron chi connectivity index (χ0n) is 14.9. The molecular weight excluding hydrogens is 346 g/mol. The Morgan fingerprint density at radius 1 is 1.32 bits per heavy atom. The molecule has 0 amide bonds. The van der Waals surface area contributed by atoms with Crippen LogP contribution in [-0.4, -0.2) is 46.1 Å². The molecule has 7 nitrogen and oxygen atoms in total. The number of nitrogens with one attached hydrogen (secondary N) is 1. The van der Waals surface area contributed by atoms with Crippen molar-refractivity contribution in [2.45, 2.75) is 43.6 Å². The molecule has 8 heteroatoms. The average Bonchev–Trinajstić information content (AvgIpc) is 2.95. The Morgan fingerprint density at radius 3 is 2.44 bits per heavy atom. The second-order valence-electron chi connectivity index (χ2n) is 6.67. The lowest BCUT2D eigenvalue weighted by molar-refractivity contribution is -0.141. The van der Waals surface area contributed by atoms with Crippen LogP contribution in [-0.2, 0) is 24.3 Å². The van der Waals surface area contributed by atoms with Gasteiger partial charge in [-0.15, -0.1) is 0 Å². The largest absolute Gasteiger partial charge is 0.497 e. The molecule has 1 aromatic rings. The van der Waals surface area contributed by atoms with Gasteiger partial charge in [-0.05, 0) is 38.0 Å². The van der Waals surface area contributed by atoms with E-state index in [0.29, 0.717) is 17.7 Å². The number of carbonyl (C=O) groups excluding carboxylic acids is 1. The third-order valence-electron chi connectivity index (χ3n) is 4.24. The third-order valence-corrected chi connectivity index (χ3v) is 6.03. The number of sulfonamides is 1. The van der Waals surface area contributed by atoms with E-state index in [1.54, 1.807) is 31.4 Å². The van der Waals surface area contributed by atoms with Gasteiger partial charge in [-0.2, -0.15) is 0 Å². The minimum atomic E-state index is -3.66. The summed E-state index contributed by atoms with van der Waals surface area (Å²) in [5.74, 6) is 0.154. The van der Waals surface area contributed by atoms with Gasteiger partial charge < -0.3 is 14.2 Å². The Labute approximate surface area is 148 Å². The summed E-state index contributed by atoms with van der Waals surface area (Å²) in [6.45, 7) is 3.85. The minimum Gasteiger partial charge on any atom is -0.497 e. The maximum absolute atomic E-state index is 12.7. The lowest BCUT2D eigenvalue weighted by Crippen LogP contribution is -2.38. The van der Waals surface area contributed by atoms with Crippen LogP contribution >= 0.6 is 0 Å². The van der Waals surface area contributed by atoms with Gasteiger partial charge in [0.2, 0.25) is 10.0 Å². The molecular formula is C17H25NO6S. The Hall–Kier alpha value is -1.64. The molecule has 1 fully saturated rings. The van der Waals surface area contributed by atoms with Crippen LogP contribution in [0.1, 0.15) is 38.3 Å². The molecule has 2 atom stereocenters. The standard InChI is InChI=1S/C17H25NO6S/c1-17(2)10-14(11-24-17)25(20,21)18-15(9-16(19)23-4)12-5-7-13(22-3)8-6-12/h5-8,14-15,18H,9-11H2,1-4H3. The van der Waals surface area contributed by atoms with Gasteiger partial charge >= 0.3 is 5.97 Å². The van der Waals surface area contributed by atoms with E-state index in [1.165, 1.54) is 7.11 Å². The van der Waals surface area contributed by atoms with Crippen molar-refractivity contribution >= 4 is 16.0 Å². The summed E-state index contributed by atoms with van der Waals surface area (Å²) >= 11 is 0. The van der Waals surface area contributed by atoms with E-state index in [2.05, 4.69) is 4.72 Å². The quantitative estimate of drug-likeness (QED) is 0.735. The van der Waals surface area contributed by atoms with Crippen LogP contribution in [0.4, 0.5) is 0 Å². The Morgan fingerprint density at radius 2 is 1.96 bits per heavy atom. The van der Waals surface area contributed by atoms with Crippen LogP contribution in [0.2, 0.25) is 0 Å². The van der Waals surface area contributed by atoms with Crippen LogP contribution in [0.25, 0.3) is 0 Å². The van der Waals surface area contributed by atoms with E-state index in [-0.39, 0.29) is 13.0 Å². The summed E-state index contributed by atoms with van der Waals surface area (Å²) in [6.07, 6.45) is 0.301. The number of ether oxygens (including phenoxy) is 3. The van der Waals surface area contributed by atoms with Gasteiger partial charge in [-0.1, -0.05) is 12.1 Å². The van der Waals surface area contributed by atoms with E-state index >= 15 is 0 Å². The summed E-state index contributed by atoms with van der Waals surface area (Å²) < 4.78 is 43.4. The predicted octanol–water partition coefficient (Wildman–Crippen LogP) is 1.79.